The van der Waals surface area contributed by atoms with Crippen molar-refractivity contribution >= 4 is 26.2 Å². The van der Waals surface area contributed by atoms with Gasteiger partial charge in [-0.3, -0.25) is 0 Å². The highest BCUT2D eigenvalue weighted by molar-refractivity contribution is 6.84. The summed E-state index contributed by atoms with van der Waals surface area (Å²) in [6, 6.07) is 29.0. The Kier molecular flexibility index (Phi) is 8.38. The first-order valence-electron chi connectivity index (χ1n) is 13.4. The zero-order chi connectivity index (χ0) is 27.6. The van der Waals surface area contributed by atoms with E-state index in [4.69, 9.17) is 18.5 Å². The summed E-state index contributed by atoms with van der Waals surface area (Å²) in [7, 11) is -1.04. The van der Waals surface area contributed by atoms with Gasteiger partial charge in [0.05, 0.1) is 24.4 Å². The molecular formula is C32H41BO4Si. The second kappa shape index (κ2) is 11.2. The van der Waals surface area contributed by atoms with Gasteiger partial charge in [-0.1, -0.05) is 85.4 Å². The van der Waals surface area contributed by atoms with Gasteiger partial charge in [-0.15, -0.1) is 0 Å². The number of ether oxygens (including phenoxy) is 1. The summed E-state index contributed by atoms with van der Waals surface area (Å²) < 4.78 is 26.1. The van der Waals surface area contributed by atoms with Gasteiger partial charge < -0.3 is 18.5 Å². The number of methoxy groups -OCH3 is 1. The molecule has 0 unspecified atom stereocenters. The van der Waals surface area contributed by atoms with Crippen molar-refractivity contribution in [1.82, 2.24) is 0 Å². The molecule has 0 bridgehead atoms. The first-order valence-corrected chi connectivity index (χ1v) is 16.3. The lowest BCUT2D eigenvalue weighted by atomic mass is 9.70. The third kappa shape index (κ3) is 5.99. The molecule has 0 saturated carbocycles. The van der Waals surface area contributed by atoms with Gasteiger partial charge in [0.2, 0.25) is 8.32 Å². The van der Waals surface area contributed by atoms with E-state index in [9.17, 15) is 0 Å². The third-order valence-corrected chi connectivity index (χ3v) is 10.6. The summed E-state index contributed by atoms with van der Waals surface area (Å²) in [5.74, 6) is 0.675. The quantitative estimate of drug-likeness (QED) is 0.259. The lowest BCUT2D eigenvalue weighted by Crippen LogP contribution is -2.47. The van der Waals surface area contributed by atoms with Crippen LogP contribution in [-0.2, 0) is 13.7 Å². The molecule has 0 spiro atoms. The van der Waals surface area contributed by atoms with Gasteiger partial charge in [0.25, 0.3) is 0 Å². The van der Waals surface area contributed by atoms with Gasteiger partial charge in [0.1, 0.15) is 5.75 Å². The Hall–Kier alpha value is -2.64. The summed E-state index contributed by atoms with van der Waals surface area (Å²) in [5.41, 5.74) is 2.24. The number of hydrogen-bond acceptors (Lipinski definition) is 4. The van der Waals surface area contributed by atoms with Crippen molar-refractivity contribution in [2.24, 2.45) is 5.92 Å². The summed E-state index contributed by atoms with van der Waals surface area (Å²) in [6.07, 6.45) is 0.280. The van der Waals surface area contributed by atoms with Crippen LogP contribution in [0.25, 0.3) is 5.57 Å². The SMILES string of the molecule is C=C(c1ccccc1)[C@@H](CB1OC(C)(C)C(C)(C)O1)[C@H](O[Si](C)(C)c1ccccc1)c1ccccc1OC. The molecular weight excluding hydrogens is 487 g/mol. The maximum Gasteiger partial charge on any atom is 0.458 e. The van der Waals surface area contributed by atoms with Crippen molar-refractivity contribution in [3.8, 4) is 5.75 Å². The largest absolute Gasteiger partial charge is 0.496 e. The highest BCUT2D eigenvalue weighted by Gasteiger charge is 2.52. The van der Waals surface area contributed by atoms with Gasteiger partial charge in [0.15, 0.2) is 0 Å². The Morgan fingerprint density at radius 3 is 1.95 bits per heavy atom. The molecule has 0 aliphatic carbocycles. The van der Waals surface area contributed by atoms with Crippen molar-refractivity contribution in [1.29, 1.82) is 0 Å². The molecule has 2 atom stereocenters. The van der Waals surface area contributed by atoms with Crippen LogP contribution in [0.3, 0.4) is 0 Å². The van der Waals surface area contributed by atoms with Gasteiger partial charge in [0, 0.05) is 11.5 Å². The summed E-state index contributed by atoms with van der Waals surface area (Å²) in [6.45, 7) is 17.5. The predicted molar refractivity (Wildman–Crippen MR) is 160 cm³/mol. The van der Waals surface area contributed by atoms with Crippen LogP contribution >= 0.6 is 0 Å². The van der Waals surface area contributed by atoms with E-state index in [1.54, 1.807) is 7.11 Å². The molecule has 1 fully saturated rings. The normalized spacial score (nSPS) is 18.1. The van der Waals surface area contributed by atoms with Crippen LogP contribution in [0.15, 0.2) is 91.5 Å². The van der Waals surface area contributed by atoms with E-state index in [-0.39, 0.29) is 12.0 Å². The van der Waals surface area contributed by atoms with Crippen LogP contribution in [0.2, 0.25) is 19.4 Å². The van der Waals surface area contributed by atoms with Crippen LogP contribution < -0.4 is 9.92 Å². The van der Waals surface area contributed by atoms with E-state index in [2.05, 4.69) is 89.8 Å². The van der Waals surface area contributed by atoms with Crippen molar-refractivity contribution in [2.75, 3.05) is 7.11 Å². The molecule has 0 amide bonds. The molecule has 3 aromatic carbocycles. The van der Waals surface area contributed by atoms with E-state index in [1.165, 1.54) is 5.19 Å². The first-order chi connectivity index (χ1) is 17.9. The standard InChI is InChI=1S/C32H41BO4Si/c1-24(25-17-11-9-12-18-25)28(23-33-36-31(2,3)32(4,5)37-33)30(27-21-15-16-22-29(27)34-6)35-38(7,8)26-19-13-10-14-20-26/h9-22,28,30H,1,23H2,2-8H3/t28-,30-/m1/s1. The molecule has 1 saturated heterocycles. The lowest BCUT2D eigenvalue weighted by molar-refractivity contribution is 0.00578. The maximum absolute atomic E-state index is 7.26. The summed E-state index contributed by atoms with van der Waals surface area (Å²) in [5, 5.41) is 1.24. The topological polar surface area (TPSA) is 36.9 Å². The van der Waals surface area contributed by atoms with Crippen molar-refractivity contribution in [3.05, 3.63) is 103 Å². The van der Waals surface area contributed by atoms with E-state index in [1.807, 2.05) is 42.5 Å². The Morgan fingerprint density at radius 2 is 1.37 bits per heavy atom. The molecule has 200 valence electrons. The van der Waals surface area contributed by atoms with E-state index in [0.29, 0.717) is 6.32 Å². The number of para-hydroxylation sites is 1. The molecule has 4 nitrogen and oxygen atoms in total. The Balaban J connectivity index is 1.81. The van der Waals surface area contributed by atoms with Crippen LogP contribution in [0, 0.1) is 5.92 Å². The predicted octanol–water partition coefficient (Wildman–Crippen LogP) is 7.29. The van der Waals surface area contributed by atoms with Crippen molar-refractivity contribution in [3.63, 3.8) is 0 Å². The minimum atomic E-state index is -2.36. The Labute approximate surface area is 230 Å². The number of hydrogen-bond donors (Lipinski definition) is 0. The van der Waals surface area contributed by atoms with Crippen LogP contribution in [0.4, 0.5) is 0 Å². The van der Waals surface area contributed by atoms with Crippen LogP contribution in [0.1, 0.15) is 44.9 Å². The fourth-order valence-electron chi connectivity index (χ4n) is 5.07. The molecule has 6 heteroatoms. The average Bonchev–Trinajstić information content (AvgIpc) is 3.12. The highest BCUT2D eigenvalue weighted by Crippen LogP contribution is 2.46. The van der Waals surface area contributed by atoms with Crippen LogP contribution in [-0.4, -0.2) is 33.7 Å². The zero-order valence-electron chi connectivity index (χ0n) is 23.9. The molecule has 0 radical (unpaired) electrons. The van der Waals surface area contributed by atoms with Gasteiger partial charge in [-0.05, 0) is 69.5 Å². The maximum atomic E-state index is 7.26. The van der Waals surface area contributed by atoms with Gasteiger partial charge in [-0.25, -0.2) is 0 Å². The molecule has 4 rings (SSSR count). The second-order valence-electron chi connectivity index (χ2n) is 11.6. The van der Waals surface area contributed by atoms with Gasteiger partial charge in [-0.2, -0.15) is 0 Å². The van der Waals surface area contributed by atoms with Crippen molar-refractivity contribution < 1.29 is 18.5 Å². The molecule has 38 heavy (non-hydrogen) atoms. The monoisotopic (exact) mass is 528 g/mol. The molecule has 0 aromatic heterocycles. The molecule has 1 aliphatic rings. The smallest absolute Gasteiger partial charge is 0.458 e. The Bertz CT molecular complexity index is 1210. The summed E-state index contributed by atoms with van der Waals surface area (Å²) in [4.78, 5) is 0. The van der Waals surface area contributed by atoms with E-state index >= 15 is 0 Å². The lowest BCUT2D eigenvalue weighted by Gasteiger charge is -2.37. The zero-order valence-corrected chi connectivity index (χ0v) is 24.9. The minimum absolute atomic E-state index is 0.126. The molecule has 3 aromatic rings. The first kappa shape index (κ1) is 28.4. The third-order valence-electron chi connectivity index (χ3n) is 8.04. The fraction of sp³-hybridized carbons (Fsp3) is 0.375. The molecule has 0 N–H and O–H groups in total. The molecule has 1 aliphatic heterocycles. The highest BCUT2D eigenvalue weighted by atomic mass is 28.4. The minimum Gasteiger partial charge on any atom is -0.496 e. The fourth-order valence-corrected chi connectivity index (χ4v) is 7.13. The van der Waals surface area contributed by atoms with E-state index < -0.39 is 26.6 Å². The summed E-state index contributed by atoms with van der Waals surface area (Å²) >= 11 is 0. The van der Waals surface area contributed by atoms with Gasteiger partial charge >= 0.3 is 7.12 Å². The number of rotatable bonds is 10. The average molecular weight is 529 g/mol. The number of benzene rings is 3. The van der Waals surface area contributed by atoms with Crippen LogP contribution in [0.5, 0.6) is 5.75 Å². The van der Waals surface area contributed by atoms with Crippen molar-refractivity contribution in [2.45, 2.75) is 64.4 Å². The van der Waals surface area contributed by atoms with E-state index in [0.717, 1.165) is 22.4 Å². The second-order valence-corrected chi connectivity index (χ2v) is 15.4. The Morgan fingerprint density at radius 1 is 0.842 bits per heavy atom. The molecule has 1 heterocycles.